The van der Waals surface area contributed by atoms with Gasteiger partial charge in [0.2, 0.25) is 5.91 Å². The molecule has 0 aliphatic rings. The lowest BCUT2D eigenvalue weighted by molar-refractivity contribution is -0.129. The van der Waals surface area contributed by atoms with Crippen LogP contribution < -0.4 is 4.74 Å². The smallest absolute Gasteiger partial charge is 0.246 e. The van der Waals surface area contributed by atoms with Gasteiger partial charge in [-0.1, -0.05) is 19.9 Å². The van der Waals surface area contributed by atoms with Gasteiger partial charge in [0.05, 0.1) is 12.8 Å². The van der Waals surface area contributed by atoms with Gasteiger partial charge in [0, 0.05) is 32.0 Å². The Hall–Kier alpha value is -2.73. The Morgan fingerprint density at radius 2 is 2.07 bits per heavy atom. The number of ether oxygens (including phenoxy) is 2. The fourth-order valence-corrected chi connectivity index (χ4v) is 2.89. The fourth-order valence-electron chi connectivity index (χ4n) is 2.89. The number of nitrogens with zero attached hydrogens (tertiary/aromatic N) is 2. The maximum absolute atomic E-state index is 14.3. The number of halogens is 1. The molecule has 0 radical (unpaired) electrons. The molecule has 0 unspecified atom stereocenters. The normalized spacial score (nSPS) is 11.2. The van der Waals surface area contributed by atoms with E-state index in [0.717, 1.165) is 12.8 Å². The molecule has 0 spiro atoms. The molecule has 5 nitrogen and oxygen atoms in total. The van der Waals surface area contributed by atoms with Crippen molar-refractivity contribution in [2.75, 3.05) is 20.3 Å². The van der Waals surface area contributed by atoms with Crippen molar-refractivity contribution in [1.82, 2.24) is 9.88 Å². The van der Waals surface area contributed by atoms with Crippen LogP contribution in [0.15, 0.2) is 48.8 Å². The number of rotatable bonds is 10. The second-order valence-corrected chi connectivity index (χ2v) is 6.31. The van der Waals surface area contributed by atoms with E-state index in [1.807, 2.05) is 0 Å². The summed E-state index contributed by atoms with van der Waals surface area (Å²) in [7, 11) is 1.61. The minimum atomic E-state index is -0.505. The van der Waals surface area contributed by atoms with Gasteiger partial charge in [-0.3, -0.25) is 9.78 Å². The number of methoxy groups -OCH3 is 1. The predicted octanol–water partition coefficient (Wildman–Crippen LogP) is 4.69. The second-order valence-electron chi connectivity index (χ2n) is 6.31. The average molecular weight is 386 g/mol. The lowest BCUT2D eigenvalue weighted by Crippen LogP contribution is -2.40. The van der Waals surface area contributed by atoms with Gasteiger partial charge in [0.15, 0.2) is 11.6 Å². The summed E-state index contributed by atoms with van der Waals surface area (Å²) in [5.74, 6) is -0.0504. The largest absolute Gasteiger partial charge is 0.453 e. The molecule has 6 heteroatoms. The first kappa shape index (κ1) is 21.6. The van der Waals surface area contributed by atoms with Crippen molar-refractivity contribution >= 4 is 12.0 Å². The van der Waals surface area contributed by atoms with Crippen LogP contribution in [-0.2, 0) is 9.53 Å². The molecule has 1 amide bonds. The maximum atomic E-state index is 14.3. The van der Waals surface area contributed by atoms with Crippen LogP contribution in [0.4, 0.5) is 4.39 Å². The first-order valence-electron chi connectivity index (χ1n) is 9.44. The zero-order valence-electron chi connectivity index (χ0n) is 16.6. The third-order valence-electron chi connectivity index (χ3n) is 4.44. The van der Waals surface area contributed by atoms with Gasteiger partial charge < -0.3 is 14.4 Å². The Bertz CT molecular complexity index is 777. The Morgan fingerprint density at radius 1 is 1.29 bits per heavy atom. The predicted molar refractivity (Wildman–Crippen MR) is 108 cm³/mol. The summed E-state index contributed by atoms with van der Waals surface area (Å²) in [5, 5.41) is 0. The fraction of sp³-hybridized carbons (Fsp3) is 0.364. The van der Waals surface area contributed by atoms with Crippen molar-refractivity contribution in [3.63, 3.8) is 0 Å². The molecule has 0 aliphatic heterocycles. The third kappa shape index (κ3) is 6.16. The Kier molecular flexibility index (Phi) is 8.62. The van der Waals surface area contributed by atoms with Crippen LogP contribution in [0.2, 0.25) is 0 Å². The van der Waals surface area contributed by atoms with Gasteiger partial charge in [-0.15, -0.1) is 0 Å². The first-order chi connectivity index (χ1) is 13.6. The van der Waals surface area contributed by atoms with Crippen LogP contribution in [0.1, 0.15) is 32.3 Å². The molecule has 0 N–H and O–H groups in total. The van der Waals surface area contributed by atoms with Gasteiger partial charge >= 0.3 is 0 Å². The van der Waals surface area contributed by atoms with Gasteiger partial charge in [-0.2, -0.15) is 0 Å². The topological polar surface area (TPSA) is 51.7 Å². The van der Waals surface area contributed by atoms with Crippen LogP contribution in [-0.4, -0.2) is 42.1 Å². The van der Waals surface area contributed by atoms with E-state index in [0.29, 0.717) is 24.5 Å². The summed E-state index contributed by atoms with van der Waals surface area (Å²) in [4.78, 5) is 18.4. The molecule has 0 saturated carbocycles. The molecule has 0 atom stereocenters. The van der Waals surface area contributed by atoms with Crippen molar-refractivity contribution in [3.8, 4) is 11.5 Å². The van der Waals surface area contributed by atoms with E-state index < -0.39 is 5.82 Å². The zero-order chi connectivity index (χ0) is 20.4. The SMILES string of the molecule is CCC(CC)N(CCOC)C(=O)/C=C/c1ccc(Oc2cccnc2)c(F)c1. The van der Waals surface area contributed by atoms with E-state index in [1.54, 1.807) is 42.5 Å². The molecule has 1 heterocycles. The van der Waals surface area contributed by atoms with Crippen molar-refractivity contribution < 1.29 is 18.7 Å². The van der Waals surface area contributed by atoms with Crippen molar-refractivity contribution in [2.45, 2.75) is 32.7 Å². The molecule has 0 bridgehead atoms. The van der Waals surface area contributed by atoms with E-state index in [4.69, 9.17) is 9.47 Å². The number of carbonyl (C=O) groups is 1. The number of benzene rings is 1. The molecule has 0 fully saturated rings. The number of hydrogen-bond acceptors (Lipinski definition) is 4. The van der Waals surface area contributed by atoms with E-state index in [2.05, 4.69) is 18.8 Å². The highest BCUT2D eigenvalue weighted by atomic mass is 19.1. The third-order valence-corrected chi connectivity index (χ3v) is 4.44. The molecule has 2 rings (SSSR count). The summed E-state index contributed by atoms with van der Waals surface area (Å²) in [6.45, 7) is 5.12. The number of aromatic nitrogens is 1. The number of pyridine rings is 1. The molecule has 0 aliphatic carbocycles. The molecular weight excluding hydrogens is 359 g/mol. The van der Waals surface area contributed by atoms with Gasteiger partial charge in [-0.05, 0) is 48.7 Å². The van der Waals surface area contributed by atoms with Crippen LogP contribution in [0, 0.1) is 5.82 Å². The molecule has 150 valence electrons. The molecule has 0 saturated heterocycles. The van der Waals surface area contributed by atoms with E-state index in [1.165, 1.54) is 24.4 Å². The molecule has 28 heavy (non-hydrogen) atoms. The standard InChI is InChI=1S/C22H27FN2O3/c1-4-18(5-2)25(13-14-27-3)22(26)11-9-17-8-10-21(20(23)15-17)28-19-7-6-12-24-16-19/h6-12,15-16,18H,4-5,13-14H2,1-3H3/b11-9+. The maximum Gasteiger partial charge on any atom is 0.246 e. The van der Waals surface area contributed by atoms with Gasteiger partial charge in [0.1, 0.15) is 5.75 Å². The number of amides is 1. The molecule has 1 aromatic carbocycles. The Morgan fingerprint density at radius 3 is 2.68 bits per heavy atom. The van der Waals surface area contributed by atoms with Crippen LogP contribution in [0.3, 0.4) is 0 Å². The molecule has 1 aromatic heterocycles. The average Bonchev–Trinajstić information content (AvgIpc) is 2.72. The van der Waals surface area contributed by atoms with Crippen molar-refractivity contribution in [1.29, 1.82) is 0 Å². The van der Waals surface area contributed by atoms with Crippen LogP contribution in [0.5, 0.6) is 11.5 Å². The summed E-state index contributed by atoms with van der Waals surface area (Å²) >= 11 is 0. The lowest BCUT2D eigenvalue weighted by atomic mass is 10.1. The zero-order valence-corrected chi connectivity index (χ0v) is 16.6. The van der Waals surface area contributed by atoms with Gasteiger partial charge in [-0.25, -0.2) is 4.39 Å². The second kappa shape index (κ2) is 11.2. The summed E-state index contributed by atoms with van der Waals surface area (Å²) in [6.07, 6.45) is 7.96. The Balaban J connectivity index is 2.09. The van der Waals surface area contributed by atoms with E-state index >= 15 is 0 Å². The van der Waals surface area contributed by atoms with E-state index in [9.17, 15) is 9.18 Å². The molecule has 2 aromatic rings. The first-order valence-corrected chi connectivity index (χ1v) is 9.44. The minimum Gasteiger partial charge on any atom is -0.453 e. The van der Waals surface area contributed by atoms with Crippen LogP contribution >= 0.6 is 0 Å². The van der Waals surface area contributed by atoms with Crippen molar-refractivity contribution in [3.05, 3.63) is 60.2 Å². The summed E-state index contributed by atoms with van der Waals surface area (Å²) in [6, 6.07) is 8.15. The highest BCUT2D eigenvalue weighted by Gasteiger charge is 2.18. The van der Waals surface area contributed by atoms with Gasteiger partial charge in [0.25, 0.3) is 0 Å². The Labute approximate surface area is 165 Å². The highest BCUT2D eigenvalue weighted by Crippen LogP contribution is 2.25. The summed E-state index contributed by atoms with van der Waals surface area (Å²) in [5.41, 5.74) is 0.584. The monoisotopic (exact) mass is 386 g/mol. The van der Waals surface area contributed by atoms with Crippen LogP contribution in [0.25, 0.3) is 6.08 Å². The molecular formula is C22H27FN2O3. The highest BCUT2D eigenvalue weighted by molar-refractivity contribution is 5.92. The minimum absolute atomic E-state index is 0.107. The quantitative estimate of drug-likeness (QED) is 0.556. The number of hydrogen-bond donors (Lipinski definition) is 0. The van der Waals surface area contributed by atoms with Crippen molar-refractivity contribution in [2.24, 2.45) is 0 Å². The van der Waals surface area contributed by atoms with E-state index in [-0.39, 0.29) is 17.7 Å². The lowest BCUT2D eigenvalue weighted by Gasteiger charge is -2.29. The number of carbonyl (C=O) groups excluding carboxylic acids is 1. The summed E-state index contributed by atoms with van der Waals surface area (Å²) < 4.78 is 24.9.